The van der Waals surface area contributed by atoms with E-state index in [9.17, 15) is 18.0 Å². The van der Waals surface area contributed by atoms with Crippen molar-refractivity contribution in [1.82, 2.24) is 5.32 Å². The summed E-state index contributed by atoms with van der Waals surface area (Å²) in [5.41, 5.74) is 1.62. The molecule has 1 aromatic rings. The molecule has 2 atom stereocenters. The highest BCUT2D eigenvalue weighted by atomic mass is 19.4. The third kappa shape index (κ3) is 5.33. The number of alkyl halides is 3. The molecule has 0 unspecified atom stereocenters. The lowest BCUT2D eigenvalue weighted by Gasteiger charge is -2.30. The summed E-state index contributed by atoms with van der Waals surface area (Å²) < 4.78 is 41.4. The van der Waals surface area contributed by atoms with Gasteiger partial charge in [0.2, 0.25) is 0 Å². The van der Waals surface area contributed by atoms with Crippen LogP contribution in [0.3, 0.4) is 0 Å². The number of ether oxygens (including phenoxy) is 1. The lowest BCUT2D eigenvalue weighted by atomic mass is 9.92. The van der Waals surface area contributed by atoms with Crippen LogP contribution in [0.4, 0.5) is 13.2 Å². The third-order valence-corrected chi connectivity index (χ3v) is 3.76. The number of rotatable bonds is 4. The number of halogens is 3. The van der Waals surface area contributed by atoms with Crippen molar-refractivity contribution in [2.45, 2.75) is 50.9 Å². The summed E-state index contributed by atoms with van der Waals surface area (Å²) in [5, 5.41) is 2.88. The van der Waals surface area contributed by atoms with Crippen LogP contribution in [0.2, 0.25) is 0 Å². The second kappa shape index (κ2) is 7.13. The van der Waals surface area contributed by atoms with Crippen molar-refractivity contribution >= 4 is 5.91 Å². The molecular formula is C16H20F3NO2. The lowest BCUT2D eigenvalue weighted by molar-refractivity contribution is -0.188. The van der Waals surface area contributed by atoms with Crippen LogP contribution >= 0.6 is 0 Å². The average molecular weight is 315 g/mol. The molecule has 0 bridgehead atoms. The minimum atomic E-state index is -4.31. The van der Waals surface area contributed by atoms with Crippen LogP contribution < -0.4 is 5.32 Å². The van der Waals surface area contributed by atoms with Gasteiger partial charge in [-0.25, -0.2) is 0 Å². The maximum atomic E-state index is 12.2. The monoisotopic (exact) mass is 315 g/mol. The zero-order valence-corrected chi connectivity index (χ0v) is 12.5. The molecule has 0 saturated heterocycles. The minimum absolute atomic E-state index is 0.138. The number of aryl methyl sites for hydroxylation is 1. The second-order valence-corrected chi connectivity index (χ2v) is 5.75. The Kier molecular flexibility index (Phi) is 5.45. The van der Waals surface area contributed by atoms with Crippen LogP contribution in [0, 0.1) is 6.92 Å². The van der Waals surface area contributed by atoms with Crippen molar-refractivity contribution in [2.24, 2.45) is 0 Å². The first-order valence-corrected chi connectivity index (χ1v) is 7.39. The van der Waals surface area contributed by atoms with E-state index in [0.717, 1.165) is 18.4 Å². The van der Waals surface area contributed by atoms with E-state index in [2.05, 4.69) is 5.32 Å². The van der Waals surface area contributed by atoms with Crippen LogP contribution in [0.25, 0.3) is 0 Å². The number of hydrogen-bond acceptors (Lipinski definition) is 2. The largest absolute Gasteiger partial charge is 0.411 e. The molecule has 6 heteroatoms. The van der Waals surface area contributed by atoms with Gasteiger partial charge in [-0.3, -0.25) is 4.79 Å². The average Bonchev–Trinajstić information content (AvgIpc) is 2.45. The highest BCUT2D eigenvalue weighted by Gasteiger charge is 2.31. The molecule has 1 aliphatic rings. The molecule has 1 fully saturated rings. The van der Waals surface area contributed by atoms with Gasteiger partial charge in [-0.15, -0.1) is 0 Å². The Hall–Kier alpha value is -1.56. The summed E-state index contributed by atoms with van der Waals surface area (Å²) in [5.74, 6) is -0.193. The van der Waals surface area contributed by atoms with Crippen molar-refractivity contribution in [3.05, 3.63) is 35.4 Å². The van der Waals surface area contributed by atoms with Crippen LogP contribution in [0.15, 0.2) is 24.3 Å². The number of carbonyl (C=O) groups is 1. The molecule has 2 rings (SSSR count). The fraction of sp³-hybridized carbons (Fsp3) is 0.562. The molecule has 0 aliphatic heterocycles. The maximum absolute atomic E-state index is 12.2. The van der Waals surface area contributed by atoms with Crippen LogP contribution in [-0.2, 0) is 4.74 Å². The SMILES string of the molecule is Cc1ccc(C(=O)N[C@H]2CCC[C@@H](OCC(F)(F)F)C2)cc1. The van der Waals surface area contributed by atoms with Crippen molar-refractivity contribution in [3.63, 3.8) is 0 Å². The maximum Gasteiger partial charge on any atom is 0.411 e. The standard InChI is InChI=1S/C16H20F3NO2/c1-11-5-7-12(8-6-11)15(21)20-13-3-2-4-14(9-13)22-10-16(17,18)19/h5-8,13-14H,2-4,9-10H2,1H3,(H,20,21)/t13-,14+/m0/s1. The molecule has 1 aliphatic carbocycles. The highest BCUT2D eigenvalue weighted by molar-refractivity contribution is 5.94. The molecule has 3 nitrogen and oxygen atoms in total. The van der Waals surface area contributed by atoms with Crippen molar-refractivity contribution in [2.75, 3.05) is 6.61 Å². The zero-order chi connectivity index (χ0) is 16.2. The first-order chi connectivity index (χ1) is 10.3. The van der Waals surface area contributed by atoms with Gasteiger partial charge in [0.05, 0.1) is 6.10 Å². The smallest absolute Gasteiger partial charge is 0.369 e. The van der Waals surface area contributed by atoms with E-state index in [0.29, 0.717) is 18.4 Å². The molecule has 0 spiro atoms. The Bertz CT molecular complexity index is 499. The van der Waals surface area contributed by atoms with E-state index in [1.807, 2.05) is 19.1 Å². The summed E-state index contributed by atoms with van der Waals surface area (Å²) in [6.45, 7) is 0.710. The zero-order valence-electron chi connectivity index (χ0n) is 12.5. The lowest BCUT2D eigenvalue weighted by Crippen LogP contribution is -2.41. The van der Waals surface area contributed by atoms with E-state index in [4.69, 9.17) is 4.74 Å². The summed E-state index contributed by atoms with van der Waals surface area (Å²) in [6.07, 6.45) is -2.21. The Morgan fingerprint density at radius 2 is 1.95 bits per heavy atom. The third-order valence-electron chi connectivity index (χ3n) is 3.76. The molecule has 1 saturated carbocycles. The van der Waals surface area contributed by atoms with Gasteiger partial charge < -0.3 is 10.1 Å². The van der Waals surface area contributed by atoms with Crippen molar-refractivity contribution in [1.29, 1.82) is 0 Å². The molecule has 0 aromatic heterocycles. The number of benzene rings is 1. The molecular weight excluding hydrogens is 295 g/mol. The van der Waals surface area contributed by atoms with Gasteiger partial charge in [-0.2, -0.15) is 13.2 Å². The molecule has 122 valence electrons. The fourth-order valence-electron chi connectivity index (χ4n) is 2.61. The highest BCUT2D eigenvalue weighted by Crippen LogP contribution is 2.24. The molecule has 0 radical (unpaired) electrons. The van der Waals surface area contributed by atoms with E-state index in [1.165, 1.54) is 0 Å². The van der Waals surface area contributed by atoms with Gasteiger partial charge in [-0.1, -0.05) is 17.7 Å². The molecule has 0 heterocycles. The Morgan fingerprint density at radius 1 is 1.27 bits per heavy atom. The van der Waals surface area contributed by atoms with Gasteiger partial charge in [0.25, 0.3) is 5.91 Å². The predicted molar refractivity (Wildman–Crippen MR) is 76.7 cm³/mol. The quantitative estimate of drug-likeness (QED) is 0.921. The van der Waals surface area contributed by atoms with Crippen LogP contribution in [0.1, 0.15) is 41.6 Å². The van der Waals surface area contributed by atoms with Gasteiger partial charge in [0, 0.05) is 11.6 Å². The Morgan fingerprint density at radius 3 is 2.59 bits per heavy atom. The minimum Gasteiger partial charge on any atom is -0.369 e. The van der Waals surface area contributed by atoms with Gasteiger partial charge in [0.1, 0.15) is 6.61 Å². The Labute approximate surface area is 127 Å². The molecule has 1 aromatic carbocycles. The summed E-state index contributed by atoms with van der Waals surface area (Å²) >= 11 is 0. The first kappa shape index (κ1) is 16.8. The second-order valence-electron chi connectivity index (χ2n) is 5.75. The number of nitrogens with one attached hydrogen (secondary N) is 1. The van der Waals surface area contributed by atoms with Crippen molar-refractivity contribution < 1.29 is 22.7 Å². The number of hydrogen-bond donors (Lipinski definition) is 1. The Balaban J connectivity index is 1.84. The van der Waals surface area contributed by atoms with E-state index < -0.39 is 18.9 Å². The molecule has 1 N–H and O–H groups in total. The molecule has 22 heavy (non-hydrogen) atoms. The van der Waals surface area contributed by atoms with Crippen LogP contribution in [0.5, 0.6) is 0 Å². The van der Waals surface area contributed by atoms with E-state index in [1.54, 1.807) is 12.1 Å². The summed E-state index contributed by atoms with van der Waals surface area (Å²) in [6, 6.07) is 7.05. The first-order valence-electron chi connectivity index (χ1n) is 7.39. The normalized spacial score (nSPS) is 22.4. The van der Waals surface area contributed by atoms with Gasteiger partial charge in [-0.05, 0) is 44.7 Å². The van der Waals surface area contributed by atoms with Crippen LogP contribution in [-0.4, -0.2) is 30.8 Å². The predicted octanol–water partition coefficient (Wildman–Crippen LogP) is 3.61. The summed E-state index contributed by atoms with van der Waals surface area (Å²) in [7, 11) is 0. The number of carbonyl (C=O) groups excluding carboxylic acids is 1. The van der Waals surface area contributed by atoms with Gasteiger partial charge >= 0.3 is 6.18 Å². The van der Waals surface area contributed by atoms with E-state index >= 15 is 0 Å². The molecule has 1 amide bonds. The summed E-state index contributed by atoms with van der Waals surface area (Å²) in [4.78, 5) is 12.1. The van der Waals surface area contributed by atoms with Crippen molar-refractivity contribution in [3.8, 4) is 0 Å². The topological polar surface area (TPSA) is 38.3 Å². The number of amides is 1. The van der Waals surface area contributed by atoms with Gasteiger partial charge in [0.15, 0.2) is 0 Å². The fourth-order valence-corrected chi connectivity index (χ4v) is 2.61. The van der Waals surface area contributed by atoms with E-state index in [-0.39, 0.29) is 11.9 Å².